The van der Waals surface area contributed by atoms with E-state index in [4.69, 9.17) is 6.42 Å². The number of halogens is 3. The van der Waals surface area contributed by atoms with Gasteiger partial charge in [0.25, 0.3) is 0 Å². The lowest BCUT2D eigenvalue weighted by Crippen LogP contribution is -2.21. The Hall–Kier alpha value is -1.47. The maximum absolute atomic E-state index is 13.3. The fourth-order valence-electron chi connectivity index (χ4n) is 1.28. The van der Waals surface area contributed by atoms with Crippen LogP contribution in [0.25, 0.3) is 0 Å². The zero-order chi connectivity index (χ0) is 11.4. The highest BCUT2D eigenvalue weighted by Gasteiger charge is 2.18. The molecule has 0 aromatic heterocycles. The number of hydrogen-bond acceptors (Lipinski definition) is 1. The van der Waals surface area contributed by atoms with Crippen molar-refractivity contribution in [2.75, 3.05) is 6.54 Å². The topological polar surface area (TPSA) is 12.0 Å². The van der Waals surface area contributed by atoms with Gasteiger partial charge in [-0.3, -0.25) is 0 Å². The summed E-state index contributed by atoms with van der Waals surface area (Å²) in [5.41, 5.74) is -0.319. The summed E-state index contributed by atoms with van der Waals surface area (Å²) in [4.78, 5) is 0. The van der Waals surface area contributed by atoms with Crippen LogP contribution in [0.2, 0.25) is 0 Å². The van der Waals surface area contributed by atoms with Gasteiger partial charge in [-0.15, -0.1) is 6.42 Å². The van der Waals surface area contributed by atoms with Crippen LogP contribution in [0, 0.1) is 29.8 Å². The highest BCUT2D eigenvalue weighted by Crippen LogP contribution is 2.21. The van der Waals surface area contributed by atoms with E-state index in [2.05, 4.69) is 11.2 Å². The molecule has 0 saturated carbocycles. The van der Waals surface area contributed by atoms with E-state index in [1.54, 1.807) is 6.92 Å². The van der Waals surface area contributed by atoms with Crippen molar-refractivity contribution in [3.8, 4) is 12.3 Å². The van der Waals surface area contributed by atoms with Crippen molar-refractivity contribution < 1.29 is 13.2 Å². The van der Waals surface area contributed by atoms with E-state index in [0.717, 1.165) is 0 Å². The molecule has 0 aliphatic carbocycles. The van der Waals surface area contributed by atoms with E-state index in [0.29, 0.717) is 18.7 Å². The molecule has 1 unspecified atom stereocenters. The minimum absolute atomic E-state index is 0.319. The van der Waals surface area contributed by atoms with Gasteiger partial charge in [0.05, 0.1) is 5.56 Å². The first-order valence-electron chi connectivity index (χ1n) is 4.44. The molecular formula is C11H10F3N. The summed E-state index contributed by atoms with van der Waals surface area (Å²) in [6.07, 6.45) is 5.13. The van der Waals surface area contributed by atoms with Crippen LogP contribution < -0.4 is 5.32 Å². The Kier molecular flexibility index (Phi) is 3.75. The molecule has 0 bridgehead atoms. The van der Waals surface area contributed by atoms with Crippen LogP contribution in [-0.2, 0) is 0 Å². The monoisotopic (exact) mass is 213 g/mol. The molecule has 0 amide bonds. The van der Waals surface area contributed by atoms with Gasteiger partial charge in [-0.05, 0) is 6.54 Å². The Morgan fingerprint density at radius 2 is 1.87 bits per heavy atom. The van der Waals surface area contributed by atoms with Crippen LogP contribution in [0.1, 0.15) is 18.5 Å². The molecule has 1 nitrogen and oxygen atoms in total. The van der Waals surface area contributed by atoms with Crippen LogP contribution in [0.5, 0.6) is 0 Å². The molecule has 0 fully saturated rings. The highest BCUT2D eigenvalue weighted by molar-refractivity contribution is 5.29. The number of benzene rings is 1. The molecule has 0 aliphatic rings. The maximum Gasteiger partial charge on any atom is 0.134 e. The van der Waals surface area contributed by atoms with Gasteiger partial charge in [-0.1, -0.05) is 12.8 Å². The second-order valence-corrected chi connectivity index (χ2v) is 2.94. The van der Waals surface area contributed by atoms with Gasteiger partial charge >= 0.3 is 0 Å². The number of hydrogen-bond donors (Lipinski definition) is 1. The molecule has 4 heteroatoms. The summed E-state index contributed by atoms with van der Waals surface area (Å²) in [6, 6.07) is 0.343. The normalized spacial score (nSPS) is 12.2. The van der Waals surface area contributed by atoms with E-state index >= 15 is 0 Å². The molecular weight excluding hydrogens is 203 g/mol. The van der Waals surface area contributed by atoms with Gasteiger partial charge in [0.1, 0.15) is 23.5 Å². The van der Waals surface area contributed by atoms with Crippen molar-refractivity contribution in [3.05, 3.63) is 35.1 Å². The molecule has 1 aromatic rings. The minimum Gasteiger partial charge on any atom is -0.300 e. The van der Waals surface area contributed by atoms with Gasteiger partial charge in [-0.2, -0.15) is 0 Å². The number of nitrogens with one attached hydrogen (secondary N) is 1. The number of terminal acetylenes is 1. The van der Waals surface area contributed by atoms with Gasteiger partial charge < -0.3 is 5.32 Å². The molecule has 1 N–H and O–H groups in total. The van der Waals surface area contributed by atoms with Crippen molar-refractivity contribution in [1.29, 1.82) is 0 Å². The molecule has 1 aromatic carbocycles. The first-order valence-corrected chi connectivity index (χ1v) is 4.44. The van der Waals surface area contributed by atoms with Crippen molar-refractivity contribution >= 4 is 0 Å². The second kappa shape index (κ2) is 4.85. The second-order valence-electron chi connectivity index (χ2n) is 2.94. The number of rotatable bonds is 3. The summed E-state index contributed by atoms with van der Waals surface area (Å²) >= 11 is 0. The molecule has 0 radical (unpaired) electrons. The average molecular weight is 213 g/mol. The fourth-order valence-corrected chi connectivity index (χ4v) is 1.28. The Morgan fingerprint density at radius 3 is 2.27 bits per heavy atom. The zero-order valence-electron chi connectivity index (χ0n) is 8.15. The maximum atomic E-state index is 13.3. The van der Waals surface area contributed by atoms with Crippen molar-refractivity contribution in [2.45, 2.75) is 13.0 Å². The van der Waals surface area contributed by atoms with E-state index in [1.807, 2.05) is 0 Å². The predicted octanol–water partition coefficient (Wildman–Crippen LogP) is 2.39. The third-order valence-electron chi connectivity index (χ3n) is 1.91. The standard InChI is InChI=1S/C11H10F3N/c1-3-10(15-4-2)11-8(13)5-7(12)6-9(11)14/h1,5-6,10,15H,4H2,2H3. The molecule has 1 rings (SSSR count). The van der Waals surface area contributed by atoms with Gasteiger partial charge in [0, 0.05) is 12.1 Å². The van der Waals surface area contributed by atoms with Crippen molar-refractivity contribution in [1.82, 2.24) is 5.32 Å². The van der Waals surface area contributed by atoms with Crippen LogP contribution in [0.4, 0.5) is 13.2 Å². The average Bonchev–Trinajstić information content (AvgIpc) is 2.14. The highest BCUT2D eigenvalue weighted by atomic mass is 19.1. The third kappa shape index (κ3) is 2.51. The Balaban J connectivity index is 3.18. The summed E-state index contributed by atoms with van der Waals surface area (Å²) in [6.45, 7) is 2.22. The van der Waals surface area contributed by atoms with E-state index in [-0.39, 0.29) is 5.56 Å². The Labute approximate surface area is 86.3 Å². The third-order valence-corrected chi connectivity index (χ3v) is 1.91. The Bertz CT molecular complexity index is 372. The lowest BCUT2D eigenvalue weighted by Gasteiger charge is -2.13. The largest absolute Gasteiger partial charge is 0.300 e. The predicted molar refractivity (Wildman–Crippen MR) is 51.6 cm³/mol. The molecule has 0 aliphatic heterocycles. The van der Waals surface area contributed by atoms with Crippen LogP contribution >= 0.6 is 0 Å². The molecule has 0 saturated heterocycles. The zero-order valence-corrected chi connectivity index (χ0v) is 8.15. The first kappa shape index (κ1) is 11.6. The van der Waals surface area contributed by atoms with E-state index in [9.17, 15) is 13.2 Å². The summed E-state index contributed by atoms with van der Waals surface area (Å²) in [5, 5.41) is 2.71. The van der Waals surface area contributed by atoms with Gasteiger partial charge in [0.2, 0.25) is 0 Å². The Morgan fingerprint density at radius 1 is 1.33 bits per heavy atom. The van der Waals surface area contributed by atoms with Gasteiger partial charge in [0.15, 0.2) is 0 Å². The van der Waals surface area contributed by atoms with Crippen LogP contribution in [0.15, 0.2) is 12.1 Å². The summed E-state index contributed by atoms with van der Waals surface area (Å²) in [5.74, 6) is -0.702. The van der Waals surface area contributed by atoms with E-state index < -0.39 is 23.5 Å². The molecule has 1 atom stereocenters. The molecule has 15 heavy (non-hydrogen) atoms. The first-order chi connectivity index (χ1) is 7.10. The summed E-state index contributed by atoms with van der Waals surface area (Å²) in [7, 11) is 0. The molecule has 0 heterocycles. The van der Waals surface area contributed by atoms with Crippen LogP contribution in [0.3, 0.4) is 0 Å². The molecule has 0 spiro atoms. The van der Waals surface area contributed by atoms with Gasteiger partial charge in [-0.25, -0.2) is 13.2 Å². The van der Waals surface area contributed by atoms with Crippen LogP contribution in [-0.4, -0.2) is 6.54 Å². The SMILES string of the molecule is C#CC(NCC)c1c(F)cc(F)cc1F. The van der Waals surface area contributed by atoms with Crippen molar-refractivity contribution in [2.24, 2.45) is 0 Å². The minimum atomic E-state index is -0.976. The van der Waals surface area contributed by atoms with E-state index in [1.165, 1.54) is 0 Å². The molecule has 80 valence electrons. The summed E-state index contributed by atoms with van der Waals surface area (Å²) < 4.78 is 39.1. The van der Waals surface area contributed by atoms with Crippen molar-refractivity contribution in [3.63, 3.8) is 0 Å². The lowest BCUT2D eigenvalue weighted by atomic mass is 10.1. The fraction of sp³-hybridized carbons (Fsp3) is 0.273. The lowest BCUT2D eigenvalue weighted by molar-refractivity contribution is 0.500. The quantitative estimate of drug-likeness (QED) is 0.760. The smallest absolute Gasteiger partial charge is 0.134 e.